The normalized spacial score (nSPS) is 27.1. The summed E-state index contributed by atoms with van der Waals surface area (Å²) in [6.07, 6.45) is 0.680. The van der Waals surface area contributed by atoms with Crippen LogP contribution in [-0.2, 0) is 14.3 Å². The largest absolute Gasteiger partial charge is 0.493 e. The van der Waals surface area contributed by atoms with E-state index in [1.807, 2.05) is 45.2 Å². The van der Waals surface area contributed by atoms with Gasteiger partial charge in [0.15, 0.2) is 23.4 Å². The second-order valence-electron chi connectivity index (χ2n) is 12.4. The molecule has 9 heteroatoms. The molecule has 4 heterocycles. The van der Waals surface area contributed by atoms with Crippen molar-refractivity contribution in [2.75, 3.05) is 44.8 Å². The number of carbonyl (C=O) groups excluding carboxylic acids is 1. The Morgan fingerprint density at radius 3 is 2.42 bits per heavy atom. The zero-order valence-corrected chi connectivity index (χ0v) is 24.7. The number of hydrogen-bond acceptors (Lipinski definition) is 8. The molecular formula is C31H43N3O6. The molecule has 3 aliphatic rings. The van der Waals surface area contributed by atoms with Crippen LogP contribution in [0, 0.1) is 5.41 Å². The van der Waals surface area contributed by atoms with Crippen LogP contribution in [0.4, 0.5) is 5.82 Å². The fraction of sp³-hybridized carbons (Fsp3) is 0.613. The van der Waals surface area contributed by atoms with Gasteiger partial charge >= 0.3 is 0 Å². The van der Waals surface area contributed by atoms with Gasteiger partial charge in [-0.25, -0.2) is 4.98 Å². The van der Waals surface area contributed by atoms with E-state index in [4.69, 9.17) is 18.9 Å². The number of nitrogens with zero attached hydrogens (tertiary/aromatic N) is 3. The monoisotopic (exact) mass is 553 g/mol. The van der Waals surface area contributed by atoms with Gasteiger partial charge in [0.2, 0.25) is 0 Å². The molecular weight excluding hydrogens is 510 g/mol. The van der Waals surface area contributed by atoms with Gasteiger partial charge in [-0.15, -0.1) is 0 Å². The summed E-state index contributed by atoms with van der Waals surface area (Å²) in [7, 11) is 1.64. The Bertz CT molecular complexity index is 1210. The van der Waals surface area contributed by atoms with E-state index in [1.165, 1.54) is 5.56 Å². The number of aliphatic hydroxyl groups excluding tert-OH is 1. The Morgan fingerprint density at radius 2 is 1.85 bits per heavy atom. The first-order valence-corrected chi connectivity index (χ1v) is 14.2. The third-order valence-electron chi connectivity index (χ3n) is 8.77. The van der Waals surface area contributed by atoms with E-state index in [-0.39, 0.29) is 24.5 Å². The van der Waals surface area contributed by atoms with Gasteiger partial charge in [0.1, 0.15) is 11.9 Å². The minimum atomic E-state index is -0.778. The molecule has 0 radical (unpaired) electrons. The molecule has 0 bridgehead atoms. The number of rotatable bonds is 8. The van der Waals surface area contributed by atoms with Gasteiger partial charge < -0.3 is 33.9 Å². The van der Waals surface area contributed by atoms with Crippen molar-refractivity contribution >= 4 is 11.7 Å². The SMILES string of the molecule is COc1ccc([C@@H]2CN(C(=O)[C@@H]3COC(C)(C)O3)C[C@@]2(C)[C@@H](C)O)cc1OC1CN(c2ccc(C(C)C)cn2)C1. The number of pyridine rings is 1. The lowest BCUT2D eigenvalue weighted by Gasteiger charge is -2.40. The minimum Gasteiger partial charge on any atom is -0.493 e. The third kappa shape index (κ3) is 5.51. The summed E-state index contributed by atoms with van der Waals surface area (Å²) in [6, 6.07) is 10.1. The Kier molecular flexibility index (Phi) is 7.76. The highest BCUT2D eigenvalue weighted by Crippen LogP contribution is 2.47. The first-order valence-electron chi connectivity index (χ1n) is 14.2. The molecule has 3 aliphatic heterocycles. The molecule has 1 aromatic carbocycles. The summed E-state index contributed by atoms with van der Waals surface area (Å²) in [6.45, 7) is 14.4. The number of benzene rings is 1. The number of aliphatic hydroxyl groups is 1. The number of hydrogen-bond donors (Lipinski definition) is 1. The third-order valence-corrected chi connectivity index (χ3v) is 8.77. The standard InChI is InChI=1S/C31H43N3O6/c1-19(2)22-9-11-28(32-13-22)33-14-23(15-33)39-26-12-21(8-10-25(26)37-7)24-16-34(18-31(24,6)20(3)35)29(36)27-17-38-30(4,5)40-27/h8-13,19-20,23-24,27,35H,14-18H2,1-7H3/t20-,24+,27+,31+/m1/s1. The second-order valence-corrected chi connectivity index (χ2v) is 12.4. The van der Waals surface area contributed by atoms with Crippen LogP contribution in [0.3, 0.4) is 0 Å². The van der Waals surface area contributed by atoms with Gasteiger partial charge in [-0.1, -0.05) is 32.9 Å². The summed E-state index contributed by atoms with van der Waals surface area (Å²) in [5, 5.41) is 10.9. The minimum absolute atomic E-state index is 0.00315. The molecule has 3 saturated heterocycles. The van der Waals surface area contributed by atoms with Gasteiger partial charge in [0, 0.05) is 30.6 Å². The van der Waals surface area contributed by atoms with E-state index in [9.17, 15) is 9.90 Å². The number of ether oxygens (including phenoxy) is 4. The van der Waals surface area contributed by atoms with Crippen molar-refractivity contribution in [2.24, 2.45) is 5.41 Å². The maximum atomic E-state index is 13.4. The van der Waals surface area contributed by atoms with Gasteiger partial charge in [-0.05, 0) is 56.0 Å². The maximum Gasteiger partial charge on any atom is 0.254 e. The highest BCUT2D eigenvalue weighted by molar-refractivity contribution is 5.82. The van der Waals surface area contributed by atoms with Crippen LogP contribution >= 0.6 is 0 Å². The van der Waals surface area contributed by atoms with Gasteiger partial charge in [-0.2, -0.15) is 0 Å². The summed E-state index contributed by atoms with van der Waals surface area (Å²) in [5.74, 6) is 1.75. The van der Waals surface area contributed by atoms with Crippen LogP contribution in [0.5, 0.6) is 11.5 Å². The molecule has 1 N–H and O–H groups in total. The van der Waals surface area contributed by atoms with Crippen LogP contribution in [0.1, 0.15) is 64.5 Å². The molecule has 4 atom stereocenters. The number of likely N-dealkylation sites (tertiary alicyclic amines) is 1. The van der Waals surface area contributed by atoms with Crippen molar-refractivity contribution in [3.8, 4) is 11.5 Å². The molecule has 2 aromatic rings. The summed E-state index contributed by atoms with van der Waals surface area (Å²) in [5.41, 5.74) is 1.68. The average Bonchev–Trinajstić information content (AvgIpc) is 3.45. The molecule has 0 unspecified atom stereocenters. The highest BCUT2D eigenvalue weighted by Gasteiger charge is 2.50. The molecule has 1 amide bonds. The maximum absolute atomic E-state index is 13.4. The van der Waals surface area contributed by atoms with Crippen LogP contribution in [0.15, 0.2) is 36.5 Å². The number of methoxy groups -OCH3 is 1. The summed E-state index contributed by atoms with van der Waals surface area (Å²) >= 11 is 0. The molecule has 218 valence electrons. The van der Waals surface area contributed by atoms with Crippen molar-refractivity contribution in [3.63, 3.8) is 0 Å². The van der Waals surface area contributed by atoms with Gasteiger partial charge in [0.25, 0.3) is 5.91 Å². The first-order chi connectivity index (χ1) is 18.9. The molecule has 0 saturated carbocycles. The predicted molar refractivity (Wildman–Crippen MR) is 152 cm³/mol. The van der Waals surface area contributed by atoms with Crippen LogP contribution in [0.25, 0.3) is 0 Å². The number of amides is 1. The Balaban J connectivity index is 1.30. The molecule has 0 aliphatic carbocycles. The van der Waals surface area contributed by atoms with E-state index < -0.39 is 23.4 Å². The smallest absolute Gasteiger partial charge is 0.254 e. The zero-order chi connectivity index (χ0) is 28.8. The molecule has 1 aromatic heterocycles. The lowest BCUT2D eigenvalue weighted by Crippen LogP contribution is -2.54. The molecule has 9 nitrogen and oxygen atoms in total. The lowest BCUT2D eigenvalue weighted by molar-refractivity contribution is -0.159. The van der Waals surface area contributed by atoms with E-state index in [2.05, 4.69) is 35.9 Å². The topological polar surface area (TPSA) is 93.6 Å². The van der Waals surface area contributed by atoms with Crippen LogP contribution < -0.4 is 14.4 Å². The molecule has 3 fully saturated rings. The Morgan fingerprint density at radius 1 is 1.10 bits per heavy atom. The molecule has 0 spiro atoms. The second kappa shape index (κ2) is 10.8. The van der Waals surface area contributed by atoms with E-state index >= 15 is 0 Å². The fourth-order valence-electron chi connectivity index (χ4n) is 5.91. The summed E-state index contributed by atoms with van der Waals surface area (Å²) < 4.78 is 23.5. The van der Waals surface area contributed by atoms with Crippen molar-refractivity contribution < 1.29 is 28.8 Å². The highest BCUT2D eigenvalue weighted by atomic mass is 16.7. The fourth-order valence-corrected chi connectivity index (χ4v) is 5.91. The van der Waals surface area contributed by atoms with E-state index in [0.29, 0.717) is 30.5 Å². The first kappa shape index (κ1) is 28.6. The molecule has 40 heavy (non-hydrogen) atoms. The Labute approximate surface area is 237 Å². The van der Waals surface area contributed by atoms with Crippen LogP contribution in [-0.4, -0.2) is 84.9 Å². The van der Waals surface area contributed by atoms with Crippen molar-refractivity contribution in [1.82, 2.24) is 9.88 Å². The van der Waals surface area contributed by atoms with Crippen molar-refractivity contribution in [2.45, 2.75) is 77.5 Å². The summed E-state index contributed by atoms with van der Waals surface area (Å²) in [4.78, 5) is 22.0. The van der Waals surface area contributed by atoms with Gasteiger partial charge in [0.05, 0.1) is 32.9 Å². The van der Waals surface area contributed by atoms with Gasteiger partial charge in [-0.3, -0.25) is 4.79 Å². The van der Waals surface area contributed by atoms with E-state index in [0.717, 1.165) is 24.5 Å². The van der Waals surface area contributed by atoms with Crippen molar-refractivity contribution in [1.29, 1.82) is 0 Å². The lowest BCUT2D eigenvalue weighted by atomic mass is 9.72. The van der Waals surface area contributed by atoms with Crippen LogP contribution in [0.2, 0.25) is 0 Å². The number of anilines is 1. The number of aromatic nitrogens is 1. The average molecular weight is 554 g/mol. The Hall–Kier alpha value is -2.88. The predicted octanol–water partition coefficient (Wildman–Crippen LogP) is 3.95. The van der Waals surface area contributed by atoms with Crippen molar-refractivity contribution in [3.05, 3.63) is 47.7 Å². The quantitative estimate of drug-likeness (QED) is 0.526. The number of carbonyl (C=O) groups is 1. The zero-order valence-electron chi connectivity index (χ0n) is 24.7. The molecule has 5 rings (SSSR count). The van der Waals surface area contributed by atoms with E-state index in [1.54, 1.807) is 18.9 Å².